The fraction of sp³-hybridized carbons (Fsp3) is 0.625. The zero-order valence-corrected chi connectivity index (χ0v) is 7.06. The van der Waals surface area contributed by atoms with Crippen molar-refractivity contribution in [3.8, 4) is 6.07 Å². The van der Waals surface area contributed by atoms with Crippen LogP contribution in [0.3, 0.4) is 0 Å². The minimum atomic E-state index is -0.335. The fourth-order valence-corrected chi connectivity index (χ4v) is 1.01. The molecule has 2 atom stereocenters. The average molecular weight is 169 g/mol. The van der Waals surface area contributed by atoms with Crippen LogP contribution in [-0.2, 0) is 14.2 Å². The topological polar surface area (TPSA) is 54.8 Å². The second-order valence-corrected chi connectivity index (χ2v) is 2.39. The van der Waals surface area contributed by atoms with Crippen LogP contribution in [0.1, 0.15) is 0 Å². The van der Waals surface area contributed by atoms with E-state index in [0.29, 0.717) is 0 Å². The van der Waals surface area contributed by atoms with Gasteiger partial charge in [0, 0.05) is 20.3 Å². The highest BCUT2D eigenvalue weighted by Gasteiger charge is 2.43. The number of nitrogens with zero attached hydrogens (tertiary/aromatic N) is 1. The van der Waals surface area contributed by atoms with Crippen molar-refractivity contribution >= 4 is 0 Å². The lowest BCUT2D eigenvalue weighted by molar-refractivity contribution is -0.115. The number of ether oxygens (including phenoxy) is 3. The quantitative estimate of drug-likeness (QED) is 0.348. The molecule has 12 heavy (non-hydrogen) atoms. The summed E-state index contributed by atoms with van der Waals surface area (Å²) in [7, 11) is 3.11. The third-order valence-electron chi connectivity index (χ3n) is 1.65. The van der Waals surface area contributed by atoms with Gasteiger partial charge in [0.1, 0.15) is 12.2 Å². The number of epoxide rings is 1. The molecule has 66 valence electrons. The van der Waals surface area contributed by atoms with E-state index in [1.807, 2.05) is 6.07 Å². The van der Waals surface area contributed by atoms with Crippen molar-refractivity contribution in [1.82, 2.24) is 0 Å². The molecule has 2 unspecified atom stereocenters. The molecule has 1 heterocycles. The number of hydrogen-bond acceptors (Lipinski definition) is 4. The van der Waals surface area contributed by atoms with Gasteiger partial charge in [-0.3, -0.25) is 0 Å². The molecule has 0 saturated carbocycles. The molecule has 0 amide bonds. The second kappa shape index (κ2) is 4.21. The molecule has 1 fully saturated rings. The standard InChI is InChI=1S/C8H11NO3/c1-10-8(11-2)7-6(12-7)4-3-5-9/h3-4,6-8H,1-2H3. The van der Waals surface area contributed by atoms with Gasteiger partial charge in [-0.05, 0) is 6.08 Å². The van der Waals surface area contributed by atoms with Gasteiger partial charge in [0.05, 0.1) is 6.07 Å². The van der Waals surface area contributed by atoms with Gasteiger partial charge < -0.3 is 14.2 Å². The van der Waals surface area contributed by atoms with Gasteiger partial charge in [0.25, 0.3) is 0 Å². The lowest BCUT2D eigenvalue weighted by Gasteiger charge is -2.08. The summed E-state index contributed by atoms with van der Waals surface area (Å²) in [5, 5.41) is 8.23. The lowest BCUT2D eigenvalue weighted by atomic mass is 10.3. The van der Waals surface area contributed by atoms with Gasteiger partial charge >= 0.3 is 0 Å². The van der Waals surface area contributed by atoms with E-state index in [4.69, 9.17) is 19.5 Å². The molecular formula is C8H11NO3. The monoisotopic (exact) mass is 169 g/mol. The van der Waals surface area contributed by atoms with Crippen molar-refractivity contribution in [3.63, 3.8) is 0 Å². The Morgan fingerprint density at radius 3 is 2.67 bits per heavy atom. The zero-order chi connectivity index (χ0) is 8.97. The van der Waals surface area contributed by atoms with E-state index in [2.05, 4.69) is 0 Å². The Balaban J connectivity index is 2.32. The van der Waals surface area contributed by atoms with Crippen molar-refractivity contribution in [3.05, 3.63) is 12.2 Å². The summed E-state index contributed by atoms with van der Waals surface area (Å²) in [6.07, 6.45) is 2.65. The van der Waals surface area contributed by atoms with E-state index in [-0.39, 0.29) is 18.5 Å². The minimum absolute atomic E-state index is 0.0328. The Morgan fingerprint density at radius 1 is 1.50 bits per heavy atom. The minimum Gasteiger partial charge on any atom is -0.360 e. The normalized spacial score (nSPS) is 27.8. The Morgan fingerprint density at radius 2 is 2.17 bits per heavy atom. The first-order chi connectivity index (χ1) is 5.83. The van der Waals surface area contributed by atoms with Crippen molar-refractivity contribution in [2.45, 2.75) is 18.5 Å². The van der Waals surface area contributed by atoms with E-state index in [1.54, 1.807) is 20.3 Å². The van der Waals surface area contributed by atoms with Gasteiger partial charge in [-0.25, -0.2) is 0 Å². The number of allylic oxidation sites excluding steroid dienone is 1. The summed E-state index contributed by atoms with van der Waals surface area (Å²) in [5.74, 6) is 0. The smallest absolute Gasteiger partial charge is 0.185 e. The number of hydrogen-bond donors (Lipinski definition) is 0. The molecular weight excluding hydrogens is 158 g/mol. The molecule has 0 spiro atoms. The second-order valence-electron chi connectivity index (χ2n) is 2.39. The summed E-state index contributed by atoms with van der Waals surface area (Å²) in [6, 6.07) is 1.89. The van der Waals surface area contributed by atoms with Crippen LogP contribution < -0.4 is 0 Å². The van der Waals surface area contributed by atoms with Gasteiger partial charge in [0.2, 0.25) is 0 Å². The van der Waals surface area contributed by atoms with Crippen molar-refractivity contribution < 1.29 is 14.2 Å². The van der Waals surface area contributed by atoms with Crippen molar-refractivity contribution in [2.75, 3.05) is 14.2 Å². The van der Waals surface area contributed by atoms with E-state index >= 15 is 0 Å². The van der Waals surface area contributed by atoms with E-state index in [9.17, 15) is 0 Å². The average Bonchev–Trinajstić information content (AvgIpc) is 2.83. The van der Waals surface area contributed by atoms with Gasteiger partial charge in [-0.15, -0.1) is 0 Å². The van der Waals surface area contributed by atoms with E-state index in [1.165, 1.54) is 6.08 Å². The number of methoxy groups -OCH3 is 2. The van der Waals surface area contributed by atoms with Crippen LogP contribution in [0.15, 0.2) is 12.2 Å². The molecule has 0 aliphatic carbocycles. The Bertz CT molecular complexity index is 205. The molecule has 4 heteroatoms. The maximum absolute atomic E-state index is 8.23. The predicted molar refractivity (Wildman–Crippen MR) is 41.2 cm³/mol. The van der Waals surface area contributed by atoms with E-state index in [0.717, 1.165) is 0 Å². The van der Waals surface area contributed by atoms with Crippen LogP contribution in [-0.4, -0.2) is 32.7 Å². The molecule has 0 aromatic carbocycles. The van der Waals surface area contributed by atoms with Crippen LogP contribution in [0.2, 0.25) is 0 Å². The van der Waals surface area contributed by atoms with Gasteiger partial charge in [-0.1, -0.05) is 0 Å². The van der Waals surface area contributed by atoms with Gasteiger partial charge in [-0.2, -0.15) is 5.26 Å². The molecule has 0 bridgehead atoms. The molecule has 1 aliphatic heterocycles. The van der Waals surface area contributed by atoms with Crippen LogP contribution in [0.25, 0.3) is 0 Å². The molecule has 0 aromatic heterocycles. The molecule has 1 rings (SSSR count). The molecule has 4 nitrogen and oxygen atoms in total. The molecule has 0 aromatic rings. The highest BCUT2D eigenvalue weighted by Crippen LogP contribution is 2.28. The number of nitriles is 1. The Labute approximate surface area is 71.3 Å². The molecule has 1 saturated heterocycles. The zero-order valence-electron chi connectivity index (χ0n) is 7.06. The van der Waals surface area contributed by atoms with Crippen LogP contribution in [0.5, 0.6) is 0 Å². The molecule has 0 N–H and O–H groups in total. The number of rotatable bonds is 4. The highest BCUT2D eigenvalue weighted by atomic mass is 16.7. The Kier molecular flexibility index (Phi) is 3.23. The maximum Gasteiger partial charge on any atom is 0.185 e. The van der Waals surface area contributed by atoms with Crippen LogP contribution >= 0.6 is 0 Å². The summed E-state index contributed by atoms with van der Waals surface area (Å²) >= 11 is 0. The third kappa shape index (κ3) is 2.05. The van der Waals surface area contributed by atoms with Crippen molar-refractivity contribution in [2.24, 2.45) is 0 Å². The third-order valence-corrected chi connectivity index (χ3v) is 1.65. The summed E-state index contributed by atoms with van der Waals surface area (Å²) in [6.45, 7) is 0. The summed E-state index contributed by atoms with van der Waals surface area (Å²) in [5.41, 5.74) is 0. The van der Waals surface area contributed by atoms with Crippen molar-refractivity contribution in [1.29, 1.82) is 5.26 Å². The first kappa shape index (κ1) is 9.20. The maximum atomic E-state index is 8.23. The van der Waals surface area contributed by atoms with Crippen LogP contribution in [0.4, 0.5) is 0 Å². The summed E-state index contributed by atoms with van der Waals surface area (Å²) in [4.78, 5) is 0. The first-order valence-electron chi connectivity index (χ1n) is 3.60. The molecule has 1 aliphatic rings. The predicted octanol–water partition coefficient (Wildman–Crippen LogP) is 0.452. The lowest BCUT2D eigenvalue weighted by Crippen LogP contribution is -2.21. The molecule has 0 radical (unpaired) electrons. The summed E-state index contributed by atoms with van der Waals surface area (Å²) < 4.78 is 15.1. The highest BCUT2D eigenvalue weighted by molar-refractivity contribution is 5.11. The van der Waals surface area contributed by atoms with Crippen LogP contribution in [0, 0.1) is 11.3 Å². The largest absolute Gasteiger partial charge is 0.360 e. The first-order valence-corrected chi connectivity index (χ1v) is 3.60. The Hall–Kier alpha value is -0.890. The van der Waals surface area contributed by atoms with E-state index < -0.39 is 0 Å². The fourth-order valence-electron chi connectivity index (χ4n) is 1.01. The SMILES string of the molecule is COC(OC)C1OC1C=CC#N. The van der Waals surface area contributed by atoms with Gasteiger partial charge in [0.15, 0.2) is 6.29 Å².